The molecule has 0 bridgehead atoms. The highest BCUT2D eigenvalue weighted by molar-refractivity contribution is 6.12. The number of hydrogen-bond acceptors (Lipinski definition) is 3. The normalized spacial score (nSPS) is 19.1. The molecule has 0 spiro atoms. The molecular formula is C23H23N3O3. The summed E-state index contributed by atoms with van der Waals surface area (Å²) in [6, 6.07) is 14.6. The number of carbonyl (C=O) groups excluding carboxylic acids is 3. The van der Waals surface area contributed by atoms with Gasteiger partial charge in [0, 0.05) is 24.0 Å². The van der Waals surface area contributed by atoms with Crippen LogP contribution in [-0.2, 0) is 17.4 Å². The quantitative estimate of drug-likeness (QED) is 0.549. The van der Waals surface area contributed by atoms with E-state index in [2.05, 4.69) is 5.32 Å². The van der Waals surface area contributed by atoms with Gasteiger partial charge in [-0.1, -0.05) is 42.5 Å². The molecule has 0 saturated carbocycles. The second-order valence-corrected chi connectivity index (χ2v) is 7.74. The zero-order valence-electron chi connectivity index (χ0n) is 16.9. The molecule has 3 amide bonds. The van der Waals surface area contributed by atoms with E-state index in [0.717, 1.165) is 32.6 Å². The predicted octanol–water partition coefficient (Wildman–Crippen LogP) is 3.45. The molecule has 1 aliphatic rings. The van der Waals surface area contributed by atoms with Crippen molar-refractivity contribution in [1.29, 1.82) is 0 Å². The summed E-state index contributed by atoms with van der Waals surface area (Å²) in [6.45, 7) is 5.17. The highest BCUT2D eigenvalue weighted by Crippen LogP contribution is 2.34. The van der Waals surface area contributed by atoms with Crippen LogP contribution in [0.4, 0.5) is 4.79 Å². The third kappa shape index (κ3) is 2.83. The van der Waals surface area contributed by atoms with E-state index in [0.29, 0.717) is 5.56 Å². The van der Waals surface area contributed by atoms with Gasteiger partial charge in [-0.25, -0.2) is 4.79 Å². The minimum absolute atomic E-state index is 0.253. The van der Waals surface area contributed by atoms with Gasteiger partial charge in [-0.05, 0) is 43.2 Å². The van der Waals surface area contributed by atoms with Gasteiger partial charge < -0.3 is 9.88 Å². The predicted molar refractivity (Wildman–Crippen MR) is 111 cm³/mol. The Kier molecular flexibility index (Phi) is 4.30. The van der Waals surface area contributed by atoms with E-state index in [1.165, 1.54) is 0 Å². The fourth-order valence-electron chi connectivity index (χ4n) is 4.05. The van der Waals surface area contributed by atoms with E-state index < -0.39 is 17.5 Å². The Labute approximate surface area is 169 Å². The fourth-order valence-corrected chi connectivity index (χ4v) is 4.05. The van der Waals surface area contributed by atoms with Crippen LogP contribution in [0.15, 0.2) is 48.5 Å². The maximum absolute atomic E-state index is 13.3. The Morgan fingerprint density at radius 2 is 1.76 bits per heavy atom. The molecule has 1 N–H and O–H groups in total. The highest BCUT2D eigenvalue weighted by atomic mass is 16.2. The van der Waals surface area contributed by atoms with E-state index in [9.17, 15) is 14.4 Å². The zero-order chi connectivity index (χ0) is 20.9. The van der Waals surface area contributed by atoms with Crippen LogP contribution in [0, 0.1) is 13.8 Å². The lowest BCUT2D eigenvalue weighted by atomic mass is 9.88. The van der Waals surface area contributed by atoms with Gasteiger partial charge >= 0.3 is 6.03 Å². The molecule has 2 heterocycles. The molecule has 6 nitrogen and oxygen atoms in total. The molecule has 29 heavy (non-hydrogen) atoms. The summed E-state index contributed by atoms with van der Waals surface area (Å²) in [4.78, 5) is 39.8. The zero-order valence-corrected chi connectivity index (χ0v) is 16.9. The second kappa shape index (κ2) is 6.58. The molecule has 1 aliphatic heterocycles. The number of amides is 3. The lowest BCUT2D eigenvalue weighted by Gasteiger charge is -2.24. The van der Waals surface area contributed by atoms with Crippen molar-refractivity contribution in [1.82, 2.24) is 14.8 Å². The maximum atomic E-state index is 13.3. The van der Waals surface area contributed by atoms with E-state index in [1.807, 2.05) is 67.9 Å². The first-order valence-corrected chi connectivity index (χ1v) is 9.52. The van der Waals surface area contributed by atoms with Crippen LogP contribution in [0.5, 0.6) is 0 Å². The Hall–Kier alpha value is -3.41. The third-order valence-electron chi connectivity index (χ3n) is 5.98. The number of imide groups is 1. The lowest BCUT2D eigenvalue weighted by Crippen LogP contribution is -2.41. The first-order chi connectivity index (χ1) is 13.7. The molecule has 0 aliphatic carbocycles. The van der Waals surface area contributed by atoms with Crippen LogP contribution in [0.3, 0.4) is 0 Å². The van der Waals surface area contributed by atoms with E-state index in [-0.39, 0.29) is 12.3 Å². The van der Waals surface area contributed by atoms with Gasteiger partial charge in [0.05, 0.1) is 6.54 Å². The number of nitrogens with zero attached hydrogens (tertiary/aromatic N) is 2. The van der Waals surface area contributed by atoms with Crippen LogP contribution in [0.1, 0.15) is 34.2 Å². The largest absolute Gasteiger partial charge is 0.351 e. The number of aryl methyl sites for hydroxylation is 1. The van der Waals surface area contributed by atoms with Crippen molar-refractivity contribution in [3.8, 4) is 0 Å². The van der Waals surface area contributed by atoms with Gasteiger partial charge in [0.2, 0.25) is 0 Å². The molecule has 0 radical (unpaired) electrons. The summed E-state index contributed by atoms with van der Waals surface area (Å²) < 4.78 is 1.92. The minimum atomic E-state index is -1.22. The molecule has 4 rings (SSSR count). The summed E-state index contributed by atoms with van der Waals surface area (Å²) in [6.07, 6.45) is 0. The van der Waals surface area contributed by atoms with Crippen LogP contribution in [0.2, 0.25) is 0 Å². The monoisotopic (exact) mass is 389 g/mol. The standard InChI is InChI=1S/C23H23N3O3/c1-14-12-18(15(2)25(14)4)20(27)13-26-21(28)23(3,24-22(26)29)19-11-7-9-16-8-5-6-10-17(16)19/h5-12H,13H2,1-4H3,(H,24,29)/t23-/m1/s1. The SMILES string of the molecule is Cc1cc(C(=O)CN2C(=O)N[C@](C)(c3cccc4ccccc34)C2=O)c(C)n1C. The maximum Gasteiger partial charge on any atom is 0.325 e. The summed E-state index contributed by atoms with van der Waals surface area (Å²) in [7, 11) is 1.88. The molecule has 3 aromatic rings. The van der Waals surface area contributed by atoms with Crippen LogP contribution in [-0.4, -0.2) is 33.7 Å². The number of ketones is 1. The van der Waals surface area contributed by atoms with Crippen LogP contribution in [0.25, 0.3) is 10.8 Å². The highest BCUT2D eigenvalue weighted by Gasteiger charge is 2.50. The fraction of sp³-hybridized carbons (Fsp3) is 0.261. The number of carbonyl (C=O) groups is 3. The average molecular weight is 389 g/mol. The number of aromatic nitrogens is 1. The summed E-state index contributed by atoms with van der Waals surface area (Å²) in [5, 5.41) is 4.69. The topological polar surface area (TPSA) is 71.4 Å². The smallest absolute Gasteiger partial charge is 0.325 e. The Balaban J connectivity index is 1.68. The Morgan fingerprint density at radius 3 is 2.45 bits per heavy atom. The van der Waals surface area contributed by atoms with Crippen molar-refractivity contribution < 1.29 is 14.4 Å². The molecule has 1 aromatic heterocycles. The number of rotatable bonds is 4. The molecule has 0 unspecified atom stereocenters. The number of hydrogen-bond donors (Lipinski definition) is 1. The molecule has 2 aromatic carbocycles. The molecule has 148 valence electrons. The van der Waals surface area contributed by atoms with E-state index in [1.54, 1.807) is 13.0 Å². The Morgan fingerprint density at radius 1 is 1.07 bits per heavy atom. The van der Waals surface area contributed by atoms with Gasteiger partial charge in [0.1, 0.15) is 5.54 Å². The summed E-state index contributed by atoms with van der Waals surface area (Å²) >= 11 is 0. The first-order valence-electron chi connectivity index (χ1n) is 9.52. The van der Waals surface area contributed by atoms with E-state index >= 15 is 0 Å². The minimum Gasteiger partial charge on any atom is -0.351 e. The number of nitrogens with one attached hydrogen (secondary N) is 1. The summed E-state index contributed by atoms with van der Waals surface area (Å²) in [5.41, 5.74) is 1.79. The van der Waals surface area contributed by atoms with Gasteiger partial charge in [0.15, 0.2) is 5.78 Å². The first kappa shape index (κ1) is 18.9. The van der Waals surface area contributed by atoms with Crippen molar-refractivity contribution in [2.75, 3.05) is 6.54 Å². The number of urea groups is 1. The van der Waals surface area contributed by atoms with Crippen molar-refractivity contribution in [3.63, 3.8) is 0 Å². The molecule has 1 fully saturated rings. The number of Topliss-reactive ketones (excluding diaryl/α,β-unsaturated/α-hetero) is 1. The van der Waals surface area contributed by atoms with Crippen LogP contribution < -0.4 is 5.32 Å². The van der Waals surface area contributed by atoms with Crippen molar-refractivity contribution in [3.05, 3.63) is 71.0 Å². The Bertz CT molecular complexity index is 1170. The van der Waals surface area contributed by atoms with Crippen molar-refractivity contribution in [2.45, 2.75) is 26.3 Å². The van der Waals surface area contributed by atoms with Gasteiger partial charge in [-0.2, -0.15) is 0 Å². The van der Waals surface area contributed by atoms with Crippen molar-refractivity contribution in [2.24, 2.45) is 7.05 Å². The van der Waals surface area contributed by atoms with Gasteiger partial charge in [0.25, 0.3) is 5.91 Å². The van der Waals surface area contributed by atoms with Gasteiger partial charge in [-0.3, -0.25) is 14.5 Å². The number of fused-ring (bicyclic) bond motifs is 1. The third-order valence-corrected chi connectivity index (χ3v) is 5.98. The average Bonchev–Trinajstić information content (AvgIpc) is 3.09. The second-order valence-electron chi connectivity index (χ2n) is 7.74. The van der Waals surface area contributed by atoms with E-state index in [4.69, 9.17) is 0 Å². The molecular weight excluding hydrogens is 366 g/mol. The van der Waals surface area contributed by atoms with Gasteiger partial charge in [-0.15, -0.1) is 0 Å². The molecule has 6 heteroatoms. The van der Waals surface area contributed by atoms with Crippen LogP contribution >= 0.6 is 0 Å². The lowest BCUT2D eigenvalue weighted by molar-refractivity contribution is -0.130. The number of benzene rings is 2. The molecule has 1 saturated heterocycles. The summed E-state index contributed by atoms with van der Waals surface area (Å²) in [5.74, 6) is -0.672. The molecule has 1 atom stereocenters. The van der Waals surface area contributed by atoms with Crippen molar-refractivity contribution >= 4 is 28.5 Å².